The summed E-state index contributed by atoms with van der Waals surface area (Å²) in [4.78, 5) is 101. The number of carbonyl (C=O) groups is 7. The van der Waals surface area contributed by atoms with Crippen LogP contribution in [0, 0.1) is 0 Å². The third kappa shape index (κ3) is 12.5. The second-order valence-corrected chi connectivity index (χ2v) is 18.1. The van der Waals surface area contributed by atoms with E-state index in [9.17, 15) is 54.0 Å². The number of nitrogens with two attached hydrogens (primary N) is 1. The second-order valence-electron chi connectivity index (χ2n) is 17.1. The molecule has 6 amide bonds. The first-order chi connectivity index (χ1) is 31.6. The molecule has 3 fully saturated rings. The van der Waals surface area contributed by atoms with Gasteiger partial charge in [0.15, 0.2) is 0 Å². The Labute approximate surface area is 387 Å². The highest BCUT2D eigenvalue weighted by Crippen LogP contribution is 2.29. The Balaban J connectivity index is 1.15. The number of amides is 6. The van der Waals surface area contributed by atoms with Crippen molar-refractivity contribution in [1.29, 1.82) is 0 Å². The molecule has 18 nitrogen and oxygen atoms in total. The number of nitrogens with one attached hydrogen (secondary N) is 3. The summed E-state index contributed by atoms with van der Waals surface area (Å²) < 4.78 is 0. The molecule has 0 aliphatic carbocycles. The second kappa shape index (κ2) is 22.7. The number of carboxylic acid groups (broad SMARTS) is 1. The van der Waals surface area contributed by atoms with Crippen molar-refractivity contribution in [3.05, 3.63) is 89.5 Å². The lowest BCUT2D eigenvalue weighted by atomic mass is 10.0. The maximum atomic E-state index is 14.5. The molecule has 7 atom stereocenters. The molecule has 3 aromatic rings. The first kappa shape index (κ1) is 49.1. The standard InChI is InChI=1S/C47H59N7O11S/c1-66-24-20-34(48)41(58)50-36(26-29-10-16-32(56)17-11-29)44(61)53-22-3-6-39(53)46(63)54-23-4-7-40(54)45(62)52-21-2-5-38(52)43(60)49-35(25-28-8-14-31(55)15-9-28)42(59)51-37(47(64)65)27-30-12-18-33(57)19-13-30/h8-19,34-40,55-57H,2-7,20-27,48H2,1H3,(H,49,60)(H,50,58)(H,51,59)(H,64,65)/t34-,35-,36-,37-,38-,39-,40-/m0/s1. The van der Waals surface area contributed by atoms with Gasteiger partial charge in [-0.2, -0.15) is 11.8 Å². The van der Waals surface area contributed by atoms with Gasteiger partial charge in [-0.25, -0.2) is 4.79 Å². The number of nitrogens with zero attached hydrogens (tertiary/aromatic N) is 3. The summed E-state index contributed by atoms with van der Waals surface area (Å²) in [6.45, 7) is 0.712. The molecule has 0 saturated carbocycles. The van der Waals surface area contributed by atoms with Gasteiger partial charge in [-0.1, -0.05) is 36.4 Å². The normalized spacial score (nSPS) is 20.0. The van der Waals surface area contributed by atoms with E-state index in [1.54, 1.807) is 24.3 Å². The fraction of sp³-hybridized carbons (Fsp3) is 0.468. The number of aliphatic carboxylic acids is 1. The van der Waals surface area contributed by atoms with Gasteiger partial charge >= 0.3 is 5.97 Å². The maximum Gasteiger partial charge on any atom is 0.326 e. The summed E-state index contributed by atoms with van der Waals surface area (Å²) in [6, 6.07) is 10.7. The van der Waals surface area contributed by atoms with E-state index in [4.69, 9.17) is 5.73 Å². The summed E-state index contributed by atoms with van der Waals surface area (Å²) in [5.74, 6) is -3.90. The number of aromatic hydroxyl groups is 3. The SMILES string of the molecule is CSCC[C@H](N)C(=O)N[C@@H](Cc1ccc(O)cc1)C(=O)N1CCC[C@H]1C(=O)N1CCC[C@H]1C(=O)N1CCC[C@H]1C(=O)N[C@@H](Cc1ccc(O)cc1)C(=O)N[C@@H](Cc1ccc(O)cc1)C(=O)O. The van der Waals surface area contributed by atoms with Crippen molar-refractivity contribution in [3.63, 3.8) is 0 Å². The number of thioether (sulfide) groups is 1. The number of phenols is 3. The number of carbonyl (C=O) groups excluding carboxylic acids is 6. The molecular formula is C47H59N7O11S. The van der Waals surface area contributed by atoms with Gasteiger partial charge in [-0.3, -0.25) is 28.8 Å². The van der Waals surface area contributed by atoms with Crippen LogP contribution in [-0.2, 0) is 52.8 Å². The molecule has 3 aromatic carbocycles. The van der Waals surface area contributed by atoms with Crippen LogP contribution in [0.15, 0.2) is 72.8 Å². The van der Waals surface area contributed by atoms with Gasteiger partial charge in [0.25, 0.3) is 0 Å². The van der Waals surface area contributed by atoms with Crippen LogP contribution in [-0.4, -0.2) is 150 Å². The fourth-order valence-corrected chi connectivity index (χ4v) is 9.36. The minimum absolute atomic E-state index is 0.00998. The number of rotatable bonds is 19. The van der Waals surface area contributed by atoms with E-state index < -0.39 is 83.7 Å². The average molecular weight is 930 g/mol. The Bertz CT molecular complexity index is 2210. The molecule has 3 heterocycles. The van der Waals surface area contributed by atoms with Crippen LogP contribution in [0.3, 0.4) is 0 Å². The summed E-state index contributed by atoms with van der Waals surface area (Å²) in [7, 11) is 0. The Morgan fingerprint density at radius 2 is 1.00 bits per heavy atom. The minimum Gasteiger partial charge on any atom is -0.508 e. The van der Waals surface area contributed by atoms with Crippen molar-refractivity contribution in [1.82, 2.24) is 30.7 Å². The number of hydrogen-bond donors (Lipinski definition) is 8. The number of phenolic OH excluding ortho intramolecular Hbond substituents is 3. The molecular weight excluding hydrogens is 871 g/mol. The molecule has 66 heavy (non-hydrogen) atoms. The lowest BCUT2D eigenvalue weighted by Gasteiger charge is -2.35. The molecule has 0 aromatic heterocycles. The van der Waals surface area contributed by atoms with Gasteiger partial charge in [0.1, 0.15) is 53.5 Å². The first-order valence-corrected chi connectivity index (χ1v) is 23.7. The number of likely N-dealkylation sites (tertiary alicyclic amines) is 3. The van der Waals surface area contributed by atoms with Gasteiger partial charge in [-0.05, 0) is 110 Å². The Morgan fingerprint density at radius 3 is 1.48 bits per heavy atom. The van der Waals surface area contributed by atoms with Crippen molar-refractivity contribution in [2.24, 2.45) is 5.73 Å². The number of hydrogen-bond acceptors (Lipinski definition) is 12. The van der Waals surface area contributed by atoms with E-state index in [-0.39, 0.29) is 62.6 Å². The van der Waals surface area contributed by atoms with Crippen LogP contribution in [0.1, 0.15) is 61.6 Å². The third-order valence-corrected chi connectivity index (χ3v) is 13.1. The fourth-order valence-electron chi connectivity index (χ4n) is 8.87. The summed E-state index contributed by atoms with van der Waals surface area (Å²) in [5.41, 5.74) is 7.93. The van der Waals surface area contributed by atoms with E-state index in [1.165, 1.54) is 75.0 Å². The minimum atomic E-state index is -1.39. The average Bonchev–Trinajstić information content (AvgIpc) is 4.11. The van der Waals surface area contributed by atoms with Gasteiger partial charge < -0.3 is 56.8 Å². The van der Waals surface area contributed by atoms with E-state index in [2.05, 4.69) is 16.0 Å². The molecule has 3 aliphatic heterocycles. The van der Waals surface area contributed by atoms with E-state index in [1.807, 2.05) is 6.26 Å². The predicted octanol–water partition coefficient (Wildman–Crippen LogP) is 1.42. The molecule has 3 saturated heterocycles. The van der Waals surface area contributed by atoms with Crippen molar-refractivity contribution in [2.45, 2.75) is 107 Å². The van der Waals surface area contributed by atoms with Gasteiger partial charge in [-0.15, -0.1) is 0 Å². The van der Waals surface area contributed by atoms with Crippen molar-refractivity contribution in [2.75, 3.05) is 31.6 Å². The summed E-state index contributed by atoms with van der Waals surface area (Å²) in [6.07, 6.45) is 4.61. The molecule has 0 bridgehead atoms. The summed E-state index contributed by atoms with van der Waals surface area (Å²) in [5, 5.41) is 47.5. The van der Waals surface area contributed by atoms with Crippen molar-refractivity contribution < 1.29 is 54.0 Å². The van der Waals surface area contributed by atoms with Gasteiger partial charge in [0.2, 0.25) is 35.4 Å². The van der Waals surface area contributed by atoms with Crippen LogP contribution in [0.25, 0.3) is 0 Å². The topological polar surface area (TPSA) is 272 Å². The van der Waals surface area contributed by atoms with Gasteiger partial charge in [0, 0.05) is 38.9 Å². The Morgan fingerprint density at radius 1 is 0.591 bits per heavy atom. The Hall–Kier alpha value is -6.34. The van der Waals surface area contributed by atoms with Crippen molar-refractivity contribution in [3.8, 4) is 17.2 Å². The molecule has 354 valence electrons. The van der Waals surface area contributed by atoms with Crippen LogP contribution in [0.2, 0.25) is 0 Å². The van der Waals surface area contributed by atoms with Crippen LogP contribution >= 0.6 is 11.8 Å². The van der Waals surface area contributed by atoms with Crippen LogP contribution in [0.4, 0.5) is 0 Å². The van der Waals surface area contributed by atoms with E-state index in [0.29, 0.717) is 61.0 Å². The van der Waals surface area contributed by atoms with Crippen LogP contribution < -0.4 is 21.7 Å². The first-order valence-electron chi connectivity index (χ1n) is 22.3. The monoisotopic (exact) mass is 929 g/mol. The Kier molecular flexibility index (Phi) is 16.9. The highest BCUT2D eigenvalue weighted by molar-refractivity contribution is 7.98. The molecule has 19 heteroatoms. The van der Waals surface area contributed by atoms with Crippen molar-refractivity contribution >= 4 is 53.2 Å². The van der Waals surface area contributed by atoms with Gasteiger partial charge in [0.05, 0.1) is 6.04 Å². The lowest BCUT2D eigenvalue weighted by Crippen LogP contribution is -2.59. The maximum absolute atomic E-state index is 14.5. The zero-order valence-corrected chi connectivity index (χ0v) is 37.7. The zero-order chi connectivity index (χ0) is 47.5. The lowest BCUT2D eigenvalue weighted by molar-refractivity contribution is -0.151. The smallest absolute Gasteiger partial charge is 0.326 e. The highest BCUT2D eigenvalue weighted by Gasteiger charge is 2.47. The molecule has 0 unspecified atom stereocenters. The van der Waals surface area contributed by atoms with E-state index >= 15 is 0 Å². The quantitative estimate of drug-likeness (QED) is 0.0847. The molecule has 0 radical (unpaired) electrons. The third-order valence-electron chi connectivity index (χ3n) is 12.4. The summed E-state index contributed by atoms with van der Waals surface area (Å²) >= 11 is 1.54. The largest absolute Gasteiger partial charge is 0.508 e. The highest BCUT2D eigenvalue weighted by atomic mass is 32.2. The molecule has 0 spiro atoms. The van der Waals surface area contributed by atoms with Crippen LogP contribution in [0.5, 0.6) is 17.2 Å². The molecule has 9 N–H and O–H groups in total. The zero-order valence-electron chi connectivity index (χ0n) is 36.8. The molecule has 3 aliphatic rings. The van der Waals surface area contributed by atoms with E-state index in [0.717, 1.165) is 0 Å². The molecule has 6 rings (SSSR count). The number of benzene rings is 3. The number of carboxylic acids is 1. The predicted molar refractivity (Wildman–Crippen MR) is 244 cm³/mol.